The van der Waals surface area contributed by atoms with Crippen LogP contribution in [0.4, 0.5) is 0 Å². The minimum Gasteiger partial charge on any atom is -0.337 e. The molecule has 0 radical (unpaired) electrons. The average molecular weight is 287 g/mol. The van der Waals surface area contributed by atoms with Crippen molar-refractivity contribution in [2.75, 3.05) is 40.3 Å². The van der Waals surface area contributed by atoms with E-state index in [1.54, 1.807) is 0 Å². The largest absolute Gasteiger partial charge is 0.337 e. The molecule has 114 valence electrons. The molecule has 0 saturated heterocycles. The second-order valence-electron chi connectivity index (χ2n) is 5.18. The van der Waals surface area contributed by atoms with Gasteiger partial charge >= 0.3 is 0 Å². The van der Waals surface area contributed by atoms with Gasteiger partial charge in [-0.3, -0.25) is 4.79 Å². The molecule has 0 saturated carbocycles. The summed E-state index contributed by atoms with van der Waals surface area (Å²) in [5.74, 6) is 5.84. The van der Waals surface area contributed by atoms with E-state index in [1.807, 2.05) is 43.3 Å². The smallest absolute Gasteiger partial charge is 0.253 e. The zero-order valence-electron chi connectivity index (χ0n) is 13.2. The topological polar surface area (TPSA) is 49.6 Å². The molecule has 1 aromatic rings. The van der Waals surface area contributed by atoms with Gasteiger partial charge in [-0.15, -0.1) is 0 Å². The first kappa shape index (κ1) is 17.2. The lowest BCUT2D eigenvalue weighted by atomic mass is 10.1. The highest BCUT2D eigenvalue weighted by molar-refractivity contribution is 5.94. The first-order valence-electron chi connectivity index (χ1n) is 7.31. The van der Waals surface area contributed by atoms with Crippen LogP contribution in [0.15, 0.2) is 24.3 Å². The summed E-state index contributed by atoms with van der Waals surface area (Å²) in [6.45, 7) is 4.82. The van der Waals surface area contributed by atoms with Gasteiger partial charge in [-0.25, -0.2) is 0 Å². The van der Waals surface area contributed by atoms with Gasteiger partial charge in [0.05, 0.1) is 6.54 Å². The summed E-state index contributed by atoms with van der Waals surface area (Å²) in [5, 5.41) is 0. The molecule has 4 nitrogen and oxygen atoms in total. The molecule has 0 spiro atoms. The predicted octanol–water partition coefficient (Wildman–Crippen LogP) is 1.41. The number of likely N-dealkylation sites (N-methyl/N-ethyl adjacent to an activating group) is 1. The van der Waals surface area contributed by atoms with Gasteiger partial charge in [0.25, 0.3) is 5.91 Å². The van der Waals surface area contributed by atoms with Gasteiger partial charge in [-0.05, 0) is 44.8 Å². The number of hydrogen-bond donors (Lipinski definition) is 1. The van der Waals surface area contributed by atoms with Crippen LogP contribution in [0.25, 0.3) is 0 Å². The Kier molecular flexibility index (Phi) is 7.52. The Morgan fingerprint density at radius 3 is 2.33 bits per heavy atom. The van der Waals surface area contributed by atoms with E-state index in [0.29, 0.717) is 12.1 Å². The zero-order valence-corrected chi connectivity index (χ0v) is 13.2. The third-order valence-electron chi connectivity index (χ3n) is 3.06. The van der Waals surface area contributed by atoms with Crippen LogP contribution in [-0.4, -0.2) is 56.0 Å². The summed E-state index contributed by atoms with van der Waals surface area (Å²) in [6, 6.07) is 7.40. The van der Waals surface area contributed by atoms with Crippen molar-refractivity contribution in [2.24, 2.45) is 5.73 Å². The Hall–Kier alpha value is -1.83. The normalized spacial score (nSPS) is 10.1. The molecule has 0 aromatic heterocycles. The maximum absolute atomic E-state index is 12.5. The fourth-order valence-electron chi connectivity index (χ4n) is 1.94. The van der Waals surface area contributed by atoms with Crippen LogP contribution >= 0.6 is 0 Å². The van der Waals surface area contributed by atoms with Crippen LogP contribution < -0.4 is 5.73 Å². The number of hydrogen-bond acceptors (Lipinski definition) is 3. The molecule has 1 amide bonds. The van der Waals surface area contributed by atoms with Gasteiger partial charge < -0.3 is 15.5 Å². The van der Waals surface area contributed by atoms with Crippen LogP contribution in [0.2, 0.25) is 0 Å². The molecule has 0 aliphatic carbocycles. The van der Waals surface area contributed by atoms with Crippen molar-refractivity contribution in [3.63, 3.8) is 0 Å². The fraction of sp³-hybridized carbons (Fsp3) is 0.471. The Morgan fingerprint density at radius 1 is 1.14 bits per heavy atom. The van der Waals surface area contributed by atoms with Gasteiger partial charge in [0.2, 0.25) is 0 Å². The number of carbonyl (C=O) groups excluding carboxylic acids is 1. The summed E-state index contributed by atoms with van der Waals surface area (Å²) in [5.41, 5.74) is 6.94. The third-order valence-corrected chi connectivity index (χ3v) is 3.06. The number of carbonyl (C=O) groups is 1. The van der Waals surface area contributed by atoms with Crippen molar-refractivity contribution in [2.45, 2.75) is 13.3 Å². The minimum atomic E-state index is 0.0806. The molecule has 1 rings (SSSR count). The predicted molar refractivity (Wildman–Crippen MR) is 87.1 cm³/mol. The van der Waals surface area contributed by atoms with Gasteiger partial charge in [0.1, 0.15) is 0 Å². The van der Waals surface area contributed by atoms with E-state index in [1.165, 1.54) is 0 Å². The molecule has 4 heteroatoms. The zero-order chi connectivity index (χ0) is 15.7. The van der Waals surface area contributed by atoms with Crippen LogP contribution in [0.1, 0.15) is 29.3 Å². The summed E-state index contributed by atoms with van der Waals surface area (Å²) < 4.78 is 0. The maximum Gasteiger partial charge on any atom is 0.253 e. The van der Waals surface area contributed by atoms with E-state index in [4.69, 9.17) is 5.73 Å². The second-order valence-corrected chi connectivity index (χ2v) is 5.18. The minimum absolute atomic E-state index is 0.0806. The average Bonchev–Trinajstić information content (AvgIpc) is 2.49. The number of rotatable bonds is 6. The highest BCUT2D eigenvalue weighted by Crippen LogP contribution is 2.08. The van der Waals surface area contributed by atoms with Crippen LogP contribution in [0.5, 0.6) is 0 Å². The molecule has 1 aromatic carbocycles. The first-order valence-corrected chi connectivity index (χ1v) is 7.31. The number of nitrogens with two attached hydrogens (primary N) is 1. The van der Waals surface area contributed by atoms with E-state index >= 15 is 0 Å². The lowest BCUT2D eigenvalue weighted by Gasteiger charge is -2.24. The molecule has 0 unspecified atom stereocenters. The molecule has 0 aliphatic rings. The maximum atomic E-state index is 12.5. The standard InChI is InChI=1S/C17H25N3O/c1-4-12-20(14-13-19(2)3)17(21)16-9-7-15(8-10-16)6-5-11-18/h7-10H,4,11-14,18H2,1-3H3. The summed E-state index contributed by atoms with van der Waals surface area (Å²) in [7, 11) is 4.03. The summed E-state index contributed by atoms with van der Waals surface area (Å²) in [6.07, 6.45) is 0.958. The number of benzene rings is 1. The lowest BCUT2D eigenvalue weighted by Crippen LogP contribution is -2.37. The Bertz CT molecular complexity index is 497. The Morgan fingerprint density at radius 2 is 1.81 bits per heavy atom. The number of nitrogens with zero attached hydrogens (tertiary/aromatic N) is 2. The van der Waals surface area contributed by atoms with Crippen LogP contribution in [0, 0.1) is 11.8 Å². The van der Waals surface area contributed by atoms with E-state index in [9.17, 15) is 4.79 Å². The van der Waals surface area contributed by atoms with Crippen molar-refractivity contribution in [1.82, 2.24) is 9.80 Å². The lowest BCUT2D eigenvalue weighted by molar-refractivity contribution is 0.0745. The second kappa shape index (κ2) is 9.17. The van der Waals surface area contributed by atoms with E-state index in [2.05, 4.69) is 23.7 Å². The Balaban J connectivity index is 2.78. The van der Waals surface area contributed by atoms with Crippen molar-refractivity contribution in [3.05, 3.63) is 35.4 Å². The fourth-order valence-corrected chi connectivity index (χ4v) is 1.94. The van der Waals surface area contributed by atoms with Crippen molar-refractivity contribution < 1.29 is 4.79 Å². The molecule has 2 N–H and O–H groups in total. The highest BCUT2D eigenvalue weighted by Gasteiger charge is 2.14. The van der Waals surface area contributed by atoms with Crippen molar-refractivity contribution in [1.29, 1.82) is 0 Å². The van der Waals surface area contributed by atoms with Gasteiger partial charge in [0, 0.05) is 30.8 Å². The molecule has 0 fully saturated rings. The third kappa shape index (κ3) is 5.99. The quantitative estimate of drug-likeness (QED) is 0.805. The highest BCUT2D eigenvalue weighted by atomic mass is 16.2. The summed E-state index contributed by atoms with van der Waals surface area (Å²) >= 11 is 0. The summed E-state index contributed by atoms with van der Waals surface area (Å²) in [4.78, 5) is 16.5. The molecule has 21 heavy (non-hydrogen) atoms. The molecule has 0 heterocycles. The first-order chi connectivity index (χ1) is 10.1. The van der Waals surface area contributed by atoms with Crippen molar-refractivity contribution in [3.8, 4) is 11.8 Å². The number of amides is 1. The van der Waals surface area contributed by atoms with E-state index in [-0.39, 0.29) is 5.91 Å². The van der Waals surface area contributed by atoms with E-state index in [0.717, 1.165) is 31.6 Å². The molecule has 0 atom stereocenters. The Labute approximate surface area is 127 Å². The van der Waals surface area contributed by atoms with Crippen LogP contribution in [-0.2, 0) is 0 Å². The van der Waals surface area contributed by atoms with Gasteiger partial charge in [0.15, 0.2) is 0 Å². The van der Waals surface area contributed by atoms with E-state index < -0.39 is 0 Å². The SMILES string of the molecule is CCCN(CCN(C)C)C(=O)c1ccc(C#CCN)cc1. The van der Waals surface area contributed by atoms with Crippen molar-refractivity contribution >= 4 is 5.91 Å². The molecular weight excluding hydrogens is 262 g/mol. The van der Waals surface area contributed by atoms with Gasteiger partial charge in [-0.1, -0.05) is 18.8 Å². The molecular formula is C17H25N3O. The molecule has 0 bridgehead atoms. The van der Waals surface area contributed by atoms with Gasteiger partial charge in [-0.2, -0.15) is 0 Å². The van der Waals surface area contributed by atoms with Crippen LogP contribution in [0.3, 0.4) is 0 Å². The molecule has 0 aliphatic heterocycles. The monoisotopic (exact) mass is 287 g/mol.